The first kappa shape index (κ1) is 12.1. The molecule has 0 saturated heterocycles. The summed E-state index contributed by atoms with van der Waals surface area (Å²) in [6.45, 7) is 6.88. The van der Waals surface area contributed by atoms with E-state index in [-0.39, 0.29) is 6.04 Å². The predicted molar refractivity (Wildman–Crippen MR) is 49.6 cm³/mol. The molecule has 4 nitrogen and oxygen atoms in total. The third-order valence-electron chi connectivity index (χ3n) is 1.88. The molecule has 0 aliphatic carbocycles. The van der Waals surface area contributed by atoms with Crippen LogP contribution in [0.25, 0.3) is 0 Å². The summed E-state index contributed by atoms with van der Waals surface area (Å²) < 4.78 is 0. The Balaban J connectivity index is 3.41. The van der Waals surface area contributed by atoms with Gasteiger partial charge in [-0.2, -0.15) is 0 Å². The lowest BCUT2D eigenvalue weighted by atomic mass is 10.4. The number of rotatable bonds is 6. The van der Waals surface area contributed by atoms with E-state index in [4.69, 9.17) is 14.4 Å². The highest BCUT2D eigenvalue weighted by Gasteiger charge is 2.25. The summed E-state index contributed by atoms with van der Waals surface area (Å²) in [5.41, 5.74) is 0. The minimum atomic E-state index is -3.78. The minimum absolute atomic E-state index is 0.142. The zero-order chi connectivity index (χ0) is 9.61. The fraction of sp³-hybridized carbons (Fsp3) is 1.00. The molecule has 0 saturated carbocycles. The van der Waals surface area contributed by atoms with Gasteiger partial charge in [0, 0.05) is 6.04 Å². The van der Waals surface area contributed by atoms with Crippen LogP contribution in [0.3, 0.4) is 0 Å². The second-order valence-electron chi connectivity index (χ2n) is 2.90. The van der Waals surface area contributed by atoms with Gasteiger partial charge in [-0.3, -0.25) is 0 Å². The van der Waals surface area contributed by atoms with Crippen LogP contribution in [0.15, 0.2) is 0 Å². The third-order valence-corrected chi connectivity index (χ3v) is 2.91. The van der Waals surface area contributed by atoms with Gasteiger partial charge in [0.1, 0.15) is 0 Å². The summed E-state index contributed by atoms with van der Waals surface area (Å²) in [6, 6.07) is 0.142. The molecular weight excluding hydrogens is 174 g/mol. The van der Waals surface area contributed by atoms with Crippen molar-refractivity contribution in [1.29, 1.82) is 0 Å². The van der Waals surface area contributed by atoms with Gasteiger partial charge in [-0.05, 0) is 26.1 Å². The van der Waals surface area contributed by atoms with Crippen LogP contribution in [0.1, 0.15) is 20.3 Å². The van der Waals surface area contributed by atoms with E-state index in [0.717, 1.165) is 19.6 Å². The number of hydrogen-bond donors (Lipinski definition) is 3. The highest BCUT2D eigenvalue weighted by molar-refractivity contribution is 6.56. The van der Waals surface area contributed by atoms with Gasteiger partial charge in [0.05, 0.1) is 0 Å². The molecule has 0 aromatic carbocycles. The second-order valence-corrected chi connectivity index (χ2v) is 4.95. The molecule has 0 spiro atoms. The normalized spacial score (nSPS) is 12.5. The molecule has 0 aromatic rings. The van der Waals surface area contributed by atoms with Crippen LogP contribution in [0.2, 0.25) is 6.04 Å². The highest BCUT2D eigenvalue weighted by atomic mass is 28.4. The summed E-state index contributed by atoms with van der Waals surface area (Å²) in [7, 11) is -3.78. The molecule has 0 rings (SSSR count). The van der Waals surface area contributed by atoms with E-state index >= 15 is 0 Å². The maximum atomic E-state index is 8.71. The molecule has 0 heterocycles. The van der Waals surface area contributed by atoms with Crippen molar-refractivity contribution in [3.63, 3.8) is 0 Å². The molecule has 0 bridgehead atoms. The first-order valence-corrected chi connectivity index (χ1v) is 6.44. The summed E-state index contributed by atoms with van der Waals surface area (Å²) in [5, 5.41) is 0. The van der Waals surface area contributed by atoms with E-state index in [0.29, 0.717) is 6.42 Å². The monoisotopic (exact) mass is 193 g/mol. The molecule has 3 N–H and O–H groups in total. The Hall–Kier alpha value is 0.0569. The fourth-order valence-electron chi connectivity index (χ4n) is 1.08. The predicted octanol–water partition coefficient (Wildman–Crippen LogP) is -0.366. The van der Waals surface area contributed by atoms with Crippen LogP contribution < -0.4 is 0 Å². The summed E-state index contributed by atoms with van der Waals surface area (Å²) >= 11 is 0. The van der Waals surface area contributed by atoms with Gasteiger partial charge >= 0.3 is 8.80 Å². The van der Waals surface area contributed by atoms with Gasteiger partial charge in [-0.1, -0.05) is 13.8 Å². The van der Waals surface area contributed by atoms with Crippen LogP contribution in [0.4, 0.5) is 0 Å². The van der Waals surface area contributed by atoms with Gasteiger partial charge in [-0.25, -0.2) is 0 Å². The SMILES string of the molecule is CCN(CC)CCC[Si](O)(O)O. The first-order chi connectivity index (χ1) is 5.49. The zero-order valence-electron chi connectivity index (χ0n) is 7.82. The Labute approximate surface area is 74.8 Å². The van der Waals surface area contributed by atoms with Crippen LogP contribution >= 0.6 is 0 Å². The van der Waals surface area contributed by atoms with Gasteiger partial charge < -0.3 is 19.3 Å². The average Bonchev–Trinajstić information content (AvgIpc) is 1.96. The molecule has 5 heteroatoms. The van der Waals surface area contributed by atoms with Crippen molar-refractivity contribution >= 4 is 8.80 Å². The van der Waals surface area contributed by atoms with E-state index in [9.17, 15) is 0 Å². The molecule has 0 unspecified atom stereocenters. The molecule has 0 atom stereocenters. The topological polar surface area (TPSA) is 63.9 Å². The molecule has 12 heavy (non-hydrogen) atoms. The lowest BCUT2D eigenvalue weighted by Crippen LogP contribution is -2.35. The molecular formula is C7H19NO3Si. The van der Waals surface area contributed by atoms with Crippen molar-refractivity contribution in [2.24, 2.45) is 0 Å². The standard InChI is InChI=1S/C7H19NO3Si/c1-3-8(4-2)6-5-7-12(9,10)11/h9-11H,3-7H2,1-2H3. The van der Waals surface area contributed by atoms with Crippen molar-refractivity contribution in [3.05, 3.63) is 0 Å². The van der Waals surface area contributed by atoms with Crippen molar-refractivity contribution < 1.29 is 14.4 Å². The van der Waals surface area contributed by atoms with E-state index in [1.54, 1.807) is 0 Å². The largest absolute Gasteiger partial charge is 0.492 e. The van der Waals surface area contributed by atoms with Gasteiger partial charge in [0.2, 0.25) is 0 Å². The Bertz CT molecular complexity index is 112. The lowest BCUT2D eigenvalue weighted by Gasteiger charge is -2.18. The number of nitrogens with zero attached hydrogens (tertiary/aromatic N) is 1. The van der Waals surface area contributed by atoms with Crippen molar-refractivity contribution in [3.8, 4) is 0 Å². The maximum Gasteiger partial charge on any atom is 0.492 e. The van der Waals surface area contributed by atoms with Crippen molar-refractivity contribution in [2.45, 2.75) is 26.3 Å². The molecule has 0 amide bonds. The fourth-order valence-corrected chi connectivity index (χ4v) is 1.71. The van der Waals surface area contributed by atoms with Gasteiger partial charge in [0.25, 0.3) is 0 Å². The van der Waals surface area contributed by atoms with E-state index in [2.05, 4.69) is 18.7 Å². The Morgan fingerprint density at radius 3 is 1.92 bits per heavy atom. The Kier molecular flexibility index (Phi) is 5.69. The molecule has 0 aliphatic rings. The summed E-state index contributed by atoms with van der Waals surface area (Å²) in [5.74, 6) is 0. The van der Waals surface area contributed by atoms with E-state index in [1.165, 1.54) is 0 Å². The molecule has 0 fully saturated rings. The van der Waals surface area contributed by atoms with Crippen molar-refractivity contribution in [1.82, 2.24) is 4.90 Å². The second kappa shape index (κ2) is 5.66. The zero-order valence-corrected chi connectivity index (χ0v) is 8.82. The van der Waals surface area contributed by atoms with Crippen LogP contribution in [0.5, 0.6) is 0 Å². The van der Waals surface area contributed by atoms with Crippen LogP contribution in [-0.2, 0) is 0 Å². The quantitative estimate of drug-likeness (QED) is 0.504. The Morgan fingerprint density at radius 2 is 1.58 bits per heavy atom. The average molecular weight is 193 g/mol. The van der Waals surface area contributed by atoms with Crippen molar-refractivity contribution in [2.75, 3.05) is 19.6 Å². The molecule has 0 aromatic heterocycles. The van der Waals surface area contributed by atoms with Crippen LogP contribution in [0, 0.1) is 0 Å². The van der Waals surface area contributed by atoms with Crippen LogP contribution in [-0.4, -0.2) is 47.7 Å². The summed E-state index contributed by atoms with van der Waals surface area (Å²) in [4.78, 5) is 28.3. The highest BCUT2D eigenvalue weighted by Crippen LogP contribution is 2.02. The number of hydrogen-bond acceptors (Lipinski definition) is 4. The molecule has 0 aliphatic heterocycles. The molecule has 74 valence electrons. The third kappa shape index (κ3) is 6.75. The van der Waals surface area contributed by atoms with Gasteiger partial charge in [0.15, 0.2) is 0 Å². The van der Waals surface area contributed by atoms with E-state index in [1.807, 2.05) is 0 Å². The van der Waals surface area contributed by atoms with E-state index < -0.39 is 8.80 Å². The smallest absolute Gasteiger partial charge is 0.390 e. The Morgan fingerprint density at radius 1 is 1.08 bits per heavy atom. The minimum Gasteiger partial charge on any atom is -0.390 e. The lowest BCUT2D eigenvalue weighted by molar-refractivity contribution is 0.220. The summed E-state index contributed by atoms with van der Waals surface area (Å²) in [6.07, 6.45) is 0.650. The maximum absolute atomic E-state index is 8.71. The molecule has 0 radical (unpaired) electrons. The first-order valence-electron chi connectivity index (χ1n) is 4.39. The van der Waals surface area contributed by atoms with Gasteiger partial charge in [-0.15, -0.1) is 0 Å².